The number of nitrogens with one attached hydrogen (secondary N) is 3. The van der Waals surface area contributed by atoms with Crippen LogP contribution >= 0.6 is 0 Å². The molecule has 7 heteroatoms. The molecule has 2 aliphatic rings. The lowest BCUT2D eigenvalue weighted by Crippen LogP contribution is -2.62. The number of rotatable bonds is 6. The number of benzene rings is 1. The van der Waals surface area contributed by atoms with Gasteiger partial charge in [-0.1, -0.05) is 30.3 Å². The Kier molecular flexibility index (Phi) is 5.98. The van der Waals surface area contributed by atoms with Crippen molar-refractivity contribution in [2.75, 3.05) is 0 Å². The standard InChI is InChI=1S/C22H32N4O3/c1-21(2)12-16(13-22(3,4)25-21)23-18(27)11-10-17-19(28)26(20(29)24-17)14-15-8-6-5-7-9-15/h5-9,16-17,25H,10-14H2,1-4H3,(H,23,27)(H,24,29)/t17-/m0/s1. The van der Waals surface area contributed by atoms with Crippen LogP contribution < -0.4 is 16.0 Å². The van der Waals surface area contributed by atoms with E-state index in [1.54, 1.807) is 0 Å². The smallest absolute Gasteiger partial charge is 0.325 e. The SMILES string of the molecule is CC1(C)CC(NC(=O)CC[C@@H]2NC(=O)N(Cc3ccccc3)C2=O)CC(C)(C)N1. The van der Waals surface area contributed by atoms with Crippen molar-refractivity contribution in [3.8, 4) is 0 Å². The summed E-state index contributed by atoms with van der Waals surface area (Å²) in [6.07, 6.45) is 2.22. The fraction of sp³-hybridized carbons (Fsp3) is 0.591. The molecule has 0 unspecified atom stereocenters. The molecule has 2 heterocycles. The Balaban J connectivity index is 1.50. The molecule has 1 atom stereocenters. The van der Waals surface area contributed by atoms with Crippen molar-refractivity contribution in [2.45, 2.75) is 83.1 Å². The highest BCUT2D eigenvalue weighted by atomic mass is 16.2. The molecule has 158 valence electrons. The Bertz CT molecular complexity index is 760. The second-order valence-corrected chi connectivity index (χ2v) is 9.52. The quantitative estimate of drug-likeness (QED) is 0.639. The van der Waals surface area contributed by atoms with Gasteiger partial charge in [0.25, 0.3) is 5.91 Å². The lowest BCUT2D eigenvalue weighted by molar-refractivity contribution is -0.128. The van der Waals surface area contributed by atoms with Crippen molar-refractivity contribution in [3.63, 3.8) is 0 Å². The van der Waals surface area contributed by atoms with Crippen LogP contribution in [0.4, 0.5) is 4.79 Å². The van der Waals surface area contributed by atoms with Gasteiger partial charge in [-0.15, -0.1) is 0 Å². The summed E-state index contributed by atoms with van der Waals surface area (Å²) in [5, 5.41) is 9.42. The Morgan fingerprint density at radius 1 is 1.10 bits per heavy atom. The van der Waals surface area contributed by atoms with Crippen LogP contribution in [0.5, 0.6) is 0 Å². The number of nitrogens with zero attached hydrogens (tertiary/aromatic N) is 1. The van der Waals surface area contributed by atoms with Gasteiger partial charge in [0.05, 0.1) is 6.54 Å². The molecule has 0 aliphatic carbocycles. The minimum Gasteiger partial charge on any atom is -0.353 e. The lowest BCUT2D eigenvalue weighted by atomic mass is 9.79. The summed E-state index contributed by atoms with van der Waals surface area (Å²) < 4.78 is 0. The Morgan fingerprint density at radius 3 is 2.34 bits per heavy atom. The Labute approximate surface area is 172 Å². The predicted octanol–water partition coefficient (Wildman–Crippen LogP) is 2.31. The summed E-state index contributed by atoms with van der Waals surface area (Å²) in [6.45, 7) is 8.80. The molecule has 2 aliphatic heterocycles. The van der Waals surface area contributed by atoms with E-state index in [4.69, 9.17) is 0 Å². The summed E-state index contributed by atoms with van der Waals surface area (Å²) in [5.74, 6) is -0.345. The van der Waals surface area contributed by atoms with Crippen LogP contribution in [0.1, 0.15) is 58.9 Å². The molecule has 0 radical (unpaired) electrons. The fourth-order valence-corrected chi connectivity index (χ4v) is 4.69. The first kappa shape index (κ1) is 21.3. The van der Waals surface area contributed by atoms with Gasteiger partial charge in [0.2, 0.25) is 5.91 Å². The molecule has 4 amide bonds. The van der Waals surface area contributed by atoms with Crippen molar-refractivity contribution in [3.05, 3.63) is 35.9 Å². The van der Waals surface area contributed by atoms with Crippen molar-refractivity contribution in [1.29, 1.82) is 0 Å². The molecule has 2 fully saturated rings. The summed E-state index contributed by atoms with van der Waals surface area (Å²) >= 11 is 0. The van der Waals surface area contributed by atoms with Gasteiger partial charge in [0.1, 0.15) is 6.04 Å². The van der Waals surface area contributed by atoms with Crippen LogP contribution in [-0.2, 0) is 16.1 Å². The maximum absolute atomic E-state index is 12.6. The van der Waals surface area contributed by atoms with Crippen LogP contribution in [0.25, 0.3) is 0 Å². The van der Waals surface area contributed by atoms with Crippen LogP contribution in [0.15, 0.2) is 30.3 Å². The van der Waals surface area contributed by atoms with Gasteiger partial charge in [-0.25, -0.2) is 4.79 Å². The number of urea groups is 1. The number of piperidine rings is 1. The summed E-state index contributed by atoms with van der Waals surface area (Å²) in [6, 6.07) is 8.45. The number of amides is 4. The maximum Gasteiger partial charge on any atom is 0.325 e. The van der Waals surface area contributed by atoms with Gasteiger partial charge in [0, 0.05) is 23.5 Å². The van der Waals surface area contributed by atoms with E-state index in [0.29, 0.717) is 6.42 Å². The minimum absolute atomic E-state index is 0.0486. The molecule has 0 bridgehead atoms. The summed E-state index contributed by atoms with van der Waals surface area (Å²) in [7, 11) is 0. The van der Waals surface area contributed by atoms with Crippen LogP contribution in [0, 0.1) is 0 Å². The zero-order valence-electron chi connectivity index (χ0n) is 17.7. The molecule has 7 nitrogen and oxygen atoms in total. The third kappa shape index (κ3) is 5.56. The highest BCUT2D eigenvalue weighted by molar-refractivity contribution is 6.04. The molecule has 0 spiro atoms. The van der Waals surface area contributed by atoms with Crippen LogP contribution in [0.3, 0.4) is 0 Å². The number of hydrogen-bond acceptors (Lipinski definition) is 4. The Hall–Kier alpha value is -2.41. The van der Waals surface area contributed by atoms with E-state index in [1.807, 2.05) is 30.3 Å². The first-order valence-corrected chi connectivity index (χ1v) is 10.3. The molecule has 0 saturated carbocycles. The molecule has 0 aromatic heterocycles. The first-order chi connectivity index (χ1) is 13.5. The maximum atomic E-state index is 12.6. The zero-order valence-corrected chi connectivity index (χ0v) is 17.7. The first-order valence-electron chi connectivity index (χ1n) is 10.3. The van der Waals surface area contributed by atoms with Crippen molar-refractivity contribution >= 4 is 17.8 Å². The molecule has 3 N–H and O–H groups in total. The molecule has 3 rings (SSSR count). The Morgan fingerprint density at radius 2 is 1.72 bits per heavy atom. The summed E-state index contributed by atoms with van der Waals surface area (Å²) in [4.78, 5) is 38.5. The van der Waals surface area contributed by atoms with E-state index < -0.39 is 12.1 Å². The van der Waals surface area contributed by atoms with Crippen LogP contribution in [0.2, 0.25) is 0 Å². The van der Waals surface area contributed by atoms with Crippen LogP contribution in [-0.4, -0.2) is 45.9 Å². The highest BCUT2D eigenvalue weighted by Crippen LogP contribution is 2.28. The predicted molar refractivity (Wildman–Crippen MR) is 111 cm³/mol. The number of hydrogen-bond donors (Lipinski definition) is 3. The van der Waals surface area contributed by atoms with Crippen molar-refractivity contribution in [2.24, 2.45) is 0 Å². The molecule has 2 saturated heterocycles. The number of imide groups is 1. The topological polar surface area (TPSA) is 90.5 Å². The molecular weight excluding hydrogens is 368 g/mol. The molecule has 1 aromatic rings. The van der Waals surface area contributed by atoms with Gasteiger partial charge in [-0.2, -0.15) is 0 Å². The monoisotopic (exact) mass is 400 g/mol. The highest BCUT2D eigenvalue weighted by Gasteiger charge is 2.39. The molecule has 29 heavy (non-hydrogen) atoms. The fourth-order valence-electron chi connectivity index (χ4n) is 4.69. The number of carbonyl (C=O) groups is 3. The normalized spacial score (nSPS) is 23.7. The van der Waals surface area contributed by atoms with E-state index in [9.17, 15) is 14.4 Å². The van der Waals surface area contributed by atoms with E-state index in [-0.39, 0.29) is 41.9 Å². The van der Waals surface area contributed by atoms with Gasteiger partial charge < -0.3 is 16.0 Å². The third-order valence-electron chi connectivity index (χ3n) is 5.51. The number of carbonyl (C=O) groups excluding carboxylic acids is 3. The van der Waals surface area contributed by atoms with E-state index >= 15 is 0 Å². The summed E-state index contributed by atoms with van der Waals surface area (Å²) in [5.41, 5.74) is 0.797. The van der Waals surface area contributed by atoms with Gasteiger partial charge in [-0.05, 0) is 52.5 Å². The largest absolute Gasteiger partial charge is 0.353 e. The second-order valence-electron chi connectivity index (χ2n) is 9.52. The van der Waals surface area contributed by atoms with Gasteiger partial charge >= 0.3 is 6.03 Å². The zero-order chi connectivity index (χ0) is 21.2. The second kappa shape index (κ2) is 8.14. The van der Waals surface area contributed by atoms with E-state index in [1.165, 1.54) is 4.90 Å². The van der Waals surface area contributed by atoms with E-state index in [0.717, 1.165) is 18.4 Å². The van der Waals surface area contributed by atoms with Crippen molar-refractivity contribution in [1.82, 2.24) is 20.9 Å². The lowest BCUT2D eigenvalue weighted by Gasteiger charge is -2.46. The molecule has 1 aromatic carbocycles. The van der Waals surface area contributed by atoms with Gasteiger partial charge in [-0.3, -0.25) is 14.5 Å². The third-order valence-corrected chi connectivity index (χ3v) is 5.51. The van der Waals surface area contributed by atoms with E-state index in [2.05, 4.69) is 43.6 Å². The average molecular weight is 401 g/mol. The van der Waals surface area contributed by atoms with Crippen molar-refractivity contribution < 1.29 is 14.4 Å². The average Bonchev–Trinajstić information content (AvgIpc) is 2.86. The molecular formula is C22H32N4O3. The van der Waals surface area contributed by atoms with Gasteiger partial charge in [0.15, 0.2) is 0 Å². The minimum atomic E-state index is -0.641.